The van der Waals surface area contributed by atoms with Crippen LogP contribution >= 0.6 is 0 Å². The SMILES string of the molecule is O=C(OC1C2CC(C3CCCC32)C1OC(=O)c1ccccc1C(F)(F)F)c1ccccc1C(F)(F)F. The Bertz CT molecular complexity index is 1080. The van der Waals surface area contributed by atoms with Crippen LogP contribution in [0, 0.1) is 23.7 Å². The molecule has 3 fully saturated rings. The van der Waals surface area contributed by atoms with Crippen molar-refractivity contribution >= 4 is 11.9 Å². The van der Waals surface area contributed by atoms with Gasteiger partial charge in [0.2, 0.25) is 0 Å². The van der Waals surface area contributed by atoms with Gasteiger partial charge in [0.25, 0.3) is 0 Å². The molecular weight excluding hydrogens is 490 g/mol. The van der Waals surface area contributed by atoms with E-state index in [1.165, 1.54) is 12.1 Å². The Kier molecular flexibility index (Phi) is 6.03. The molecule has 0 aromatic heterocycles. The van der Waals surface area contributed by atoms with Gasteiger partial charge in [-0.1, -0.05) is 30.7 Å². The number of carbonyl (C=O) groups is 2. The molecule has 0 spiro atoms. The van der Waals surface area contributed by atoms with Crippen molar-refractivity contribution in [2.75, 3.05) is 0 Å². The van der Waals surface area contributed by atoms with Crippen molar-refractivity contribution in [3.63, 3.8) is 0 Å². The van der Waals surface area contributed by atoms with Crippen LogP contribution < -0.4 is 0 Å². The van der Waals surface area contributed by atoms with Crippen molar-refractivity contribution < 1.29 is 45.4 Å². The summed E-state index contributed by atoms with van der Waals surface area (Å²) in [6.45, 7) is 0. The number of hydrogen-bond acceptors (Lipinski definition) is 4. The molecule has 6 atom stereocenters. The summed E-state index contributed by atoms with van der Waals surface area (Å²) in [6, 6.07) is 8.45. The van der Waals surface area contributed by atoms with Crippen molar-refractivity contribution in [1.82, 2.24) is 0 Å². The average Bonchev–Trinajstić information content (AvgIpc) is 3.51. The zero-order valence-corrected chi connectivity index (χ0v) is 18.8. The minimum Gasteiger partial charge on any atom is -0.454 e. The van der Waals surface area contributed by atoms with E-state index < -0.39 is 58.8 Å². The van der Waals surface area contributed by atoms with Crippen LogP contribution in [-0.2, 0) is 21.8 Å². The van der Waals surface area contributed by atoms with Crippen molar-refractivity contribution in [2.45, 2.75) is 50.2 Å². The zero-order valence-electron chi connectivity index (χ0n) is 18.8. The number of esters is 2. The van der Waals surface area contributed by atoms with Crippen LogP contribution in [0.5, 0.6) is 0 Å². The molecule has 5 rings (SSSR count). The van der Waals surface area contributed by atoms with Crippen LogP contribution in [0.1, 0.15) is 57.5 Å². The van der Waals surface area contributed by atoms with Gasteiger partial charge in [-0.15, -0.1) is 0 Å². The van der Waals surface area contributed by atoms with Gasteiger partial charge in [0.15, 0.2) is 0 Å². The fraction of sp³-hybridized carbons (Fsp3) is 0.462. The van der Waals surface area contributed by atoms with E-state index in [0.29, 0.717) is 6.42 Å². The first-order chi connectivity index (χ1) is 17.0. The van der Waals surface area contributed by atoms with Crippen LogP contribution in [0.4, 0.5) is 26.3 Å². The second-order valence-corrected chi connectivity index (χ2v) is 9.65. The highest BCUT2D eigenvalue weighted by atomic mass is 19.4. The highest BCUT2D eigenvalue weighted by Crippen LogP contribution is 2.60. The number of fused-ring (bicyclic) bond motifs is 5. The van der Waals surface area contributed by atoms with Crippen molar-refractivity contribution in [2.24, 2.45) is 23.7 Å². The molecule has 0 saturated heterocycles. The predicted molar refractivity (Wildman–Crippen MR) is 114 cm³/mol. The molecule has 6 unspecified atom stereocenters. The molecule has 0 heterocycles. The molecule has 3 aliphatic carbocycles. The van der Waals surface area contributed by atoms with Crippen LogP contribution in [0.15, 0.2) is 48.5 Å². The Morgan fingerprint density at radius 1 is 0.639 bits per heavy atom. The summed E-state index contributed by atoms with van der Waals surface area (Å²) in [4.78, 5) is 25.8. The van der Waals surface area contributed by atoms with E-state index in [1.54, 1.807) is 0 Å². The highest BCUT2D eigenvalue weighted by molar-refractivity contribution is 5.92. The van der Waals surface area contributed by atoms with Gasteiger partial charge in [-0.2, -0.15) is 26.3 Å². The predicted octanol–water partition coefficient (Wildman–Crippen LogP) is 6.54. The molecule has 3 aliphatic rings. The van der Waals surface area contributed by atoms with Gasteiger partial charge >= 0.3 is 24.3 Å². The van der Waals surface area contributed by atoms with Gasteiger partial charge in [-0.25, -0.2) is 9.59 Å². The number of halogens is 6. The molecule has 2 aromatic carbocycles. The summed E-state index contributed by atoms with van der Waals surface area (Å²) in [5.74, 6) is -2.54. The summed E-state index contributed by atoms with van der Waals surface area (Å²) >= 11 is 0. The maximum Gasteiger partial charge on any atom is 0.417 e. The maximum atomic E-state index is 13.4. The number of hydrogen-bond donors (Lipinski definition) is 0. The van der Waals surface area contributed by atoms with Crippen molar-refractivity contribution in [3.8, 4) is 0 Å². The van der Waals surface area contributed by atoms with E-state index in [0.717, 1.165) is 55.7 Å². The van der Waals surface area contributed by atoms with Crippen LogP contribution in [0.3, 0.4) is 0 Å². The summed E-state index contributed by atoms with van der Waals surface area (Å²) in [5, 5.41) is 0. The lowest BCUT2D eigenvalue weighted by Crippen LogP contribution is -2.45. The molecule has 36 heavy (non-hydrogen) atoms. The summed E-state index contributed by atoms with van der Waals surface area (Å²) in [6.07, 6.45) is -8.48. The van der Waals surface area contributed by atoms with E-state index in [9.17, 15) is 35.9 Å². The molecule has 0 N–H and O–H groups in total. The molecule has 192 valence electrons. The number of rotatable bonds is 4. The van der Waals surface area contributed by atoms with Crippen molar-refractivity contribution in [3.05, 3.63) is 70.8 Å². The standard InChI is InChI=1S/C26H22F6O4/c27-25(28,29)19-10-3-1-6-15(19)23(33)35-21-17-12-18(14-9-5-8-13(14)17)22(21)36-24(34)16-7-2-4-11-20(16)26(30,31)32/h1-4,6-7,10-11,13-14,17-18,21-22H,5,8-9,12H2. The molecule has 4 nitrogen and oxygen atoms in total. The minimum atomic E-state index is -4.78. The largest absolute Gasteiger partial charge is 0.454 e. The van der Waals surface area contributed by atoms with E-state index in [-0.39, 0.29) is 23.7 Å². The molecule has 10 heteroatoms. The molecule has 0 radical (unpaired) electrons. The van der Waals surface area contributed by atoms with E-state index in [4.69, 9.17) is 9.47 Å². The zero-order chi connectivity index (χ0) is 25.8. The van der Waals surface area contributed by atoms with Gasteiger partial charge < -0.3 is 9.47 Å². The Labute approximate surface area is 202 Å². The molecular formula is C26H22F6O4. The minimum absolute atomic E-state index is 0.170. The van der Waals surface area contributed by atoms with Crippen LogP contribution in [0.2, 0.25) is 0 Å². The Balaban J connectivity index is 1.43. The Morgan fingerprint density at radius 2 is 1.03 bits per heavy atom. The molecule has 3 saturated carbocycles. The highest BCUT2D eigenvalue weighted by Gasteiger charge is 2.62. The third-order valence-corrected chi connectivity index (χ3v) is 7.83. The third-order valence-electron chi connectivity index (χ3n) is 7.83. The second kappa shape index (κ2) is 8.81. The average molecular weight is 512 g/mol. The Morgan fingerprint density at radius 3 is 1.42 bits per heavy atom. The maximum absolute atomic E-state index is 13.4. The second-order valence-electron chi connectivity index (χ2n) is 9.65. The first kappa shape index (κ1) is 24.6. The first-order valence-electron chi connectivity index (χ1n) is 11.7. The fourth-order valence-electron chi connectivity index (χ4n) is 6.49. The lowest BCUT2D eigenvalue weighted by atomic mass is 9.78. The molecule has 2 aromatic rings. The quantitative estimate of drug-likeness (QED) is 0.345. The van der Waals surface area contributed by atoms with Gasteiger partial charge in [-0.05, 0) is 55.4 Å². The summed E-state index contributed by atoms with van der Waals surface area (Å²) < 4.78 is 91.9. The normalized spacial score (nSPS) is 29.2. The van der Waals surface area contributed by atoms with Gasteiger partial charge in [-0.3, -0.25) is 0 Å². The van der Waals surface area contributed by atoms with Crippen LogP contribution in [0.25, 0.3) is 0 Å². The third kappa shape index (κ3) is 4.24. The van der Waals surface area contributed by atoms with E-state index in [1.807, 2.05) is 0 Å². The lowest BCUT2D eigenvalue weighted by molar-refractivity contribution is -0.139. The van der Waals surface area contributed by atoms with Gasteiger partial charge in [0.1, 0.15) is 12.2 Å². The van der Waals surface area contributed by atoms with E-state index >= 15 is 0 Å². The number of carbonyl (C=O) groups excluding carboxylic acids is 2. The number of alkyl halides is 6. The number of ether oxygens (including phenoxy) is 2. The lowest BCUT2D eigenvalue weighted by Gasteiger charge is -2.37. The van der Waals surface area contributed by atoms with Gasteiger partial charge in [0.05, 0.1) is 22.3 Å². The summed E-state index contributed by atoms with van der Waals surface area (Å²) in [5.41, 5.74) is -3.62. The monoisotopic (exact) mass is 512 g/mol. The molecule has 0 aliphatic heterocycles. The summed E-state index contributed by atoms with van der Waals surface area (Å²) in [7, 11) is 0. The number of benzene rings is 2. The molecule has 0 amide bonds. The van der Waals surface area contributed by atoms with E-state index in [2.05, 4.69) is 0 Å². The fourth-order valence-corrected chi connectivity index (χ4v) is 6.49. The Hall–Kier alpha value is -3.04. The molecule has 2 bridgehead atoms. The van der Waals surface area contributed by atoms with Gasteiger partial charge in [0, 0.05) is 11.8 Å². The first-order valence-corrected chi connectivity index (χ1v) is 11.7. The topological polar surface area (TPSA) is 52.6 Å². The smallest absolute Gasteiger partial charge is 0.417 e. The van der Waals surface area contributed by atoms with Crippen molar-refractivity contribution in [1.29, 1.82) is 0 Å². The van der Waals surface area contributed by atoms with Crippen LogP contribution in [-0.4, -0.2) is 24.1 Å².